The van der Waals surface area contributed by atoms with Crippen LogP contribution in [0.15, 0.2) is 36.6 Å². The van der Waals surface area contributed by atoms with E-state index in [9.17, 15) is 4.39 Å². The van der Waals surface area contributed by atoms with Gasteiger partial charge >= 0.3 is 0 Å². The van der Waals surface area contributed by atoms with Gasteiger partial charge in [0, 0.05) is 0 Å². The van der Waals surface area contributed by atoms with Crippen LogP contribution in [0, 0.1) is 5.82 Å². The molecule has 1 nitrogen and oxygen atoms in total. The average molecular weight is 180 g/mol. The van der Waals surface area contributed by atoms with E-state index < -0.39 is 0 Å². The Balaban J connectivity index is 2.66. The molecule has 0 spiro atoms. The van der Waals surface area contributed by atoms with E-state index in [-0.39, 0.29) is 5.82 Å². The summed E-state index contributed by atoms with van der Waals surface area (Å²) in [5.74, 6) is 0.0950. The first-order valence-corrected chi connectivity index (χ1v) is 4.28. The fourth-order valence-corrected chi connectivity index (χ4v) is 1.19. The molecule has 13 heavy (non-hydrogen) atoms. The maximum Gasteiger partial charge on any atom is 0.123 e. The zero-order chi connectivity index (χ0) is 9.68. The van der Waals surface area contributed by atoms with Crippen molar-refractivity contribution in [3.63, 3.8) is 0 Å². The Labute approximate surface area is 77.5 Å². The van der Waals surface area contributed by atoms with Crippen LogP contribution in [0.3, 0.4) is 0 Å². The average Bonchev–Trinajstić information content (AvgIpc) is 2.15. The normalized spacial score (nSPS) is 13.4. The molecule has 1 unspecified atom stereocenters. The summed E-state index contributed by atoms with van der Waals surface area (Å²) in [4.78, 5) is 0. The van der Waals surface area contributed by atoms with Crippen LogP contribution in [0.25, 0.3) is 0 Å². The summed E-state index contributed by atoms with van der Waals surface area (Å²) in [6.07, 6.45) is 3.50. The number of allylic oxidation sites excluding steroid dienone is 1. The summed E-state index contributed by atoms with van der Waals surface area (Å²) in [6.45, 7) is 2.03. The van der Waals surface area contributed by atoms with Crippen LogP contribution in [0.4, 0.5) is 4.39 Å². The smallest absolute Gasteiger partial charge is 0.123 e. The maximum atomic E-state index is 12.5. The monoisotopic (exact) mass is 180 g/mol. The molecule has 0 heterocycles. The van der Waals surface area contributed by atoms with Crippen molar-refractivity contribution in [2.24, 2.45) is 0 Å². The highest BCUT2D eigenvalue weighted by atomic mass is 19.1. The van der Waals surface area contributed by atoms with Gasteiger partial charge in [0.2, 0.25) is 0 Å². The van der Waals surface area contributed by atoms with Gasteiger partial charge in [-0.1, -0.05) is 19.1 Å². The summed E-state index contributed by atoms with van der Waals surface area (Å²) in [5.41, 5.74) is 1.08. The number of aliphatic hydroxyl groups is 1. The van der Waals surface area contributed by atoms with Crippen molar-refractivity contribution < 1.29 is 9.50 Å². The zero-order valence-corrected chi connectivity index (χ0v) is 7.57. The van der Waals surface area contributed by atoms with E-state index >= 15 is 0 Å². The van der Waals surface area contributed by atoms with Crippen molar-refractivity contribution >= 4 is 0 Å². The standard InChI is InChI=1S/C11H13FO/c1-9(3-2-8-13)10-4-6-11(12)7-5-10/h2,4-9,13H,3H2,1H3/b8-2-. The molecule has 0 aliphatic rings. The minimum absolute atomic E-state index is 0.214. The van der Waals surface area contributed by atoms with E-state index in [0.29, 0.717) is 5.92 Å². The second kappa shape index (κ2) is 4.65. The molecule has 2 heteroatoms. The van der Waals surface area contributed by atoms with Crippen LogP contribution in [0.1, 0.15) is 24.8 Å². The van der Waals surface area contributed by atoms with Gasteiger partial charge in [0.05, 0.1) is 6.26 Å². The molecule has 0 aliphatic carbocycles. The van der Waals surface area contributed by atoms with Gasteiger partial charge in [-0.05, 0) is 36.1 Å². The van der Waals surface area contributed by atoms with E-state index in [1.165, 1.54) is 12.1 Å². The van der Waals surface area contributed by atoms with Gasteiger partial charge in [-0.15, -0.1) is 0 Å². The number of hydrogen-bond donors (Lipinski definition) is 1. The molecule has 0 saturated carbocycles. The Morgan fingerprint density at radius 3 is 2.54 bits per heavy atom. The fourth-order valence-electron chi connectivity index (χ4n) is 1.19. The van der Waals surface area contributed by atoms with Crippen molar-refractivity contribution in [1.29, 1.82) is 0 Å². The molecule has 0 aromatic heterocycles. The lowest BCUT2D eigenvalue weighted by atomic mass is 9.98. The van der Waals surface area contributed by atoms with Gasteiger partial charge in [-0.3, -0.25) is 0 Å². The minimum atomic E-state index is -0.214. The number of benzene rings is 1. The van der Waals surface area contributed by atoms with E-state index in [1.54, 1.807) is 18.2 Å². The summed E-state index contributed by atoms with van der Waals surface area (Å²) >= 11 is 0. The predicted octanol–water partition coefficient (Wildman–Crippen LogP) is 3.39. The first-order chi connectivity index (χ1) is 6.24. The second-order valence-electron chi connectivity index (χ2n) is 3.07. The van der Waals surface area contributed by atoms with E-state index in [0.717, 1.165) is 18.2 Å². The Morgan fingerprint density at radius 2 is 2.00 bits per heavy atom. The molecule has 1 aromatic carbocycles. The molecule has 1 N–H and O–H groups in total. The number of rotatable bonds is 3. The predicted molar refractivity (Wildman–Crippen MR) is 51.2 cm³/mol. The lowest BCUT2D eigenvalue weighted by Gasteiger charge is -2.08. The molecule has 0 bridgehead atoms. The van der Waals surface area contributed by atoms with Crippen LogP contribution in [-0.2, 0) is 0 Å². The third-order valence-electron chi connectivity index (χ3n) is 2.03. The summed E-state index contributed by atoms with van der Waals surface area (Å²) < 4.78 is 12.5. The highest BCUT2D eigenvalue weighted by Gasteiger charge is 2.02. The third-order valence-corrected chi connectivity index (χ3v) is 2.03. The molecule has 1 aromatic rings. The van der Waals surface area contributed by atoms with Crippen molar-refractivity contribution in [3.05, 3.63) is 48.0 Å². The molecule has 0 aliphatic heterocycles. The Hall–Kier alpha value is -1.31. The first kappa shape index (κ1) is 9.78. The molecule has 70 valence electrons. The summed E-state index contributed by atoms with van der Waals surface area (Å²) in [7, 11) is 0. The maximum absolute atomic E-state index is 12.5. The number of halogens is 1. The van der Waals surface area contributed by atoms with E-state index in [1.807, 2.05) is 6.92 Å². The molecule has 0 radical (unpaired) electrons. The van der Waals surface area contributed by atoms with E-state index in [4.69, 9.17) is 5.11 Å². The first-order valence-electron chi connectivity index (χ1n) is 4.28. The highest BCUT2D eigenvalue weighted by molar-refractivity contribution is 5.20. The molecular formula is C11H13FO. The van der Waals surface area contributed by atoms with Gasteiger partial charge in [0.1, 0.15) is 5.82 Å². The van der Waals surface area contributed by atoms with E-state index in [2.05, 4.69) is 0 Å². The molecule has 0 amide bonds. The lowest BCUT2D eigenvalue weighted by Crippen LogP contribution is -1.91. The van der Waals surface area contributed by atoms with Crippen LogP contribution >= 0.6 is 0 Å². The third kappa shape index (κ3) is 2.90. The highest BCUT2D eigenvalue weighted by Crippen LogP contribution is 2.19. The fraction of sp³-hybridized carbons (Fsp3) is 0.273. The zero-order valence-electron chi connectivity index (χ0n) is 7.57. The van der Waals surface area contributed by atoms with Crippen LogP contribution in [0.5, 0.6) is 0 Å². The van der Waals surface area contributed by atoms with Gasteiger partial charge in [-0.2, -0.15) is 0 Å². The molecule has 0 fully saturated rings. The molecule has 0 saturated heterocycles. The largest absolute Gasteiger partial charge is 0.516 e. The SMILES string of the molecule is CC(C/C=C\O)c1ccc(F)cc1. The van der Waals surface area contributed by atoms with Crippen molar-refractivity contribution in [2.75, 3.05) is 0 Å². The van der Waals surface area contributed by atoms with Crippen molar-refractivity contribution in [2.45, 2.75) is 19.3 Å². The Morgan fingerprint density at radius 1 is 1.38 bits per heavy atom. The van der Waals surface area contributed by atoms with Crippen molar-refractivity contribution in [3.8, 4) is 0 Å². The van der Waals surface area contributed by atoms with Gasteiger partial charge < -0.3 is 5.11 Å². The summed E-state index contributed by atoms with van der Waals surface area (Å²) in [6, 6.07) is 6.44. The Bertz CT molecular complexity index is 277. The van der Waals surface area contributed by atoms with Crippen LogP contribution in [-0.4, -0.2) is 5.11 Å². The summed E-state index contributed by atoms with van der Waals surface area (Å²) in [5, 5.41) is 8.47. The Kier molecular flexibility index (Phi) is 3.50. The molecular weight excluding hydrogens is 167 g/mol. The molecule has 1 atom stereocenters. The van der Waals surface area contributed by atoms with Gasteiger partial charge in [-0.25, -0.2) is 4.39 Å². The number of hydrogen-bond acceptors (Lipinski definition) is 1. The topological polar surface area (TPSA) is 20.2 Å². The quantitative estimate of drug-likeness (QED) is 0.707. The van der Waals surface area contributed by atoms with Crippen LogP contribution in [0.2, 0.25) is 0 Å². The minimum Gasteiger partial charge on any atom is -0.516 e. The van der Waals surface area contributed by atoms with Crippen molar-refractivity contribution in [1.82, 2.24) is 0 Å². The van der Waals surface area contributed by atoms with Gasteiger partial charge in [0.15, 0.2) is 0 Å². The van der Waals surface area contributed by atoms with Crippen LogP contribution < -0.4 is 0 Å². The lowest BCUT2D eigenvalue weighted by molar-refractivity contribution is 0.469. The second-order valence-corrected chi connectivity index (χ2v) is 3.07. The number of aliphatic hydroxyl groups excluding tert-OH is 1. The van der Waals surface area contributed by atoms with Gasteiger partial charge in [0.25, 0.3) is 0 Å². The molecule has 1 rings (SSSR count).